The highest BCUT2D eigenvalue weighted by molar-refractivity contribution is 7.13. The van der Waals surface area contributed by atoms with Gasteiger partial charge < -0.3 is 41.1 Å². The van der Waals surface area contributed by atoms with Crippen molar-refractivity contribution in [2.75, 3.05) is 45.1 Å². The molecule has 2 aliphatic rings. The van der Waals surface area contributed by atoms with Crippen LogP contribution < -0.4 is 21.1 Å². The predicted octanol–water partition coefficient (Wildman–Crippen LogP) is 7.62. The first-order chi connectivity index (χ1) is 35.0. The fourth-order valence-electron chi connectivity index (χ4n) is 9.57. The molecule has 4 heterocycles. The van der Waals surface area contributed by atoms with Gasteiger partial charge in [0.05, 0.1) is 34.8 Å². The molecule has 17 heteroatoms. The normalized spacial score (nSPS) is 17.0. The van der Waals surface area contributed by atoms with Gasteiger partial charge in [-0.25, -0.2) is 4.98 Å². The van der Waals surface area contributed by atoms with Gasteiger partial charge in [0.15, 0.2) is 11.6 Å². The summed E-state index contributed by atoms with van der Waals surface area (Å²) >= 11 is 1.58. The van der Waals surface area contributed by atoms with Gasteiger partial charge in [-0.2, -0.15) is 0 Å². The van der Waals surface area contributed by atoms with E-state index in [1.807, 2.05) is 75.4 Å². The Kier molecular flexibility index (Phi) is 19.0. The number of rotatable bonds is 22. The molecule has 2 saturated heterocycles. The smallest absolute Gasteiger partial charge is 0.246 e. The van der Waals surface area contributed by atoms with E-state index in [-0.39, 0.29) is 60.6 Å². The van der Waals surface area contributed by atoms with Crippen LogP contribution in [0.2, 0.25) is 0 Å². The van der Waals surface area contributed by atoms with Gasteiger partial charge in [0.2, 0.25) is 23.6 Å². The summed E-state index contributed by atoms with van der Waals surface area (Å²) in [7, 11) is 0. The zero-order valence-electron chi connectivity index (χ0n) is 43.0. The molecule has 4 atom stereocenters. The summed E-state index contributed by atoms with van der Waals surface area (Å²) in [4.78, 5) is 65.4. The van der Waals surface area contributed by atoms with Crippen molar-refractivity contribution in [1.29, 1.82) is 0 Å². The maximum absolute atomic E-state index is 14.1. The number of thiazole rings is 1. The van der Waals surface area contributed by atoms with Crippen molar-refractivity contribution in [3.63, 3.8) is 0 Å². The number of aliphatic hydroxyl groups is 1. The molecule has 390 valence electrons. The number of benzene rings is 3. The van der Waals surface area contributed by atoms with Crippen LogP contribution >= 0.6 is 11.3 Å². The lowest BCUT2D eigenvalue weighted by Gasteiger charge is -2.35. The molecule has 73 heavy (non-hydrogen) atoms. The standard InChI is InChI=1S/C56H73N9O7S/c1-37(41-21-23-42(24-22-41)51-38(2)58-36-73-51)59-54(70)46-32-43(66)35-65(46)55(71)52(56(3,4)5)60-49(68)19-10-8-6-7-9-11-20-50(69)64-28-26-63(27-29-64)34-40-16-14-15-39(31-40)25-30-72-48-33-45(61-62-53(48)57)44-17-12-13-18-47(44)67/h12-18,21-24,31,33,36-37,43,46,52,66-67H,6-11,19-20,25-30,32,34-35H2,1-5H3,(H2,57,62)(H,59,70)(H,60,68)/t37-,43+,46-,52?/m0/s1. The van der Waals surface area contributed by atoms with Crippen LogP contribution in [-0.4, -0.2) is 121 Å². The van der Waals surface area contributed by atoms with E-state index in [4.69, 9.17) is 10.5 Å². The lowest BCUT2D eigenvalue weighted by molar-refractivity contribution is -0.144. The van der Waals surface area contributed by atoms with Crippen LogP contribution in [-0.2, 0) is 32.1 Å². The molecule has 1 unspecified atom stereocenters. The van der Waals surface area contributed by atoms with Gasteiger partial charge in [0, 0.05) is 76.6 Å². The van der Waals surface area contributed by atoms with E-state index in [0.717, 1.165) is 79.0 Å². The second-order valence-corrected chi connectivity index (χ2v) is 21.4. The minimum Gasteiger partial charge on any atom is -0.507 e. The minimum absolute atomic E-state index is 0.0186. The molecule has 2 fully saturated rings. The average Bonchev–Trinajstić information content (AvgIpc) is 3.99. The number of unbranched alkanes of at least 4 members (excludes halogenated alkanes) is 5. The lowest BCUT2D eigenvalue weighted by Crippen LogP contribution is -2.57. The number of anilines is 1. The van der Waals surface area contributed by atoms with Gasteiger partial charge in [0.1, 0.15) is 23.5 Å². The molecule has 7 rings (SSSR count). The van der Waals surface area contributed by atoms with Gasteiger partial charge in [0.25, 0.3) is 0 Å². The van der Waals surface area contributed by atoms with Crippen molar-refractivity contribution >= 4 is 40.8 Å². The fourth-order valence-corrected chi connectivity index (χ4v) is 10.4. The van der Waals surface area contributed by atoms with Crippen molar-refractivity contribution in [1.82, 2.24) is 40.5 Å². The van der Waals surface area contributed by atoms with Crippen LogP contribution in [0.15, 0.2) is 84.4 Å². The molecular weight excluding hydrogens is 943 g/mol. The van der Waals surface area contributed by atoms with Gasteiger partial charge in [-0.3, -0.25) is 24.1 Å². The molecule has 6 N–H and O–H groups in total. The molecule has 0 radical (unpaired) electrons. The van der Waals surface area contributed by atoms with Crippen LogP contribution in [0.3, 0.4) is 0 Å². The predicted molar refractivity (Wildman–Crippen MR) is 284 cm³/mol. The van der Waals surface area contributed by atoms with Gasteiger partial charge in [-0.1, -0.05) is 107 Å². The van der Waals surface area contributed by atoms with E-state index < -0.39 is 23.6 Å². The number of amides is 4. The van der Waals surface area contributed by atoms with Crippen LogP contribution in [0.5, 0.6) is 11.5 Å². The number of phenolic OH excluding ortho intramolecular Hbond substituents is 1. The van der Waals surface area contributed by atoms with Crippen molar-refractivity contribution in [3.8, 4) is 33.2 Å². The third kappa shape index (κ3) is 15.1. The number of aryl methyl sites for hydroxylation is 1. The van der Waals surface area contributed by atoms with E-state index in [0.29, 0.717) is 56.0 Å². The highest BCUT2D eigenvalue weighted by Gasteiger charge is 2.44. The Hall–Kier alpha value is -6.43. The van der Waals surface area contributed by atoms with Crippen molar-refractivity contribution in [3.05, 3.63) is 107 Å². The molecule has 0 aliphatic carbocycles. The highest BCUT2D eigenvalue weighted by atomic mass is 32.1. The molecule has 2 aromatic heterocycles. The SMILES string of the molecule is Cc1ncsc1-c1ccc([C@H](C)NC(=O)[C@@H]2C[C@@H](O)CN2C(=O)C(NC(=O)CCCCCCCCC(=O)N2CCN(Cc3cccc(CCOc4cc(-c5ccccc5O)nnc4N)c3)CC2)C(C)(C)C)cc1. The van der Waals surface area contributed by atoms with Crippen LogP contribution in [0, 0.1) is 12.3 Å². The van der Waals surface area contributed by atoms with Gasteiger partial charge in [-0.15, -0.1) is 21.5 Å². The number of aliphatic hydroxyl groups excluding tert-OH is 1. The maximum Gasteiger partial charge on any atom is 0.246 e. The fraction of sp³-hybridized carbons (Fsp3) is 0.482. The molecular formula is C56H73N9O7S. The number of carbonyl (C=O) groups is 4. The Bertz CT molecular complexity index is 2650. The largest absolute Gasteiger partial charge is 0.507 e. The van der Waals surface area contributed by atoms with E-state index in [1.165, 1.54) is 10.5 Å². The number of phenols is 1. The lowest BCUT2D eigenvalue weighted by atomic mass is 9.85. The van der Waals surface area contributed by atoms with Crippen LogP contribution in [0.4, 0.5) is 5.82 Å². The number of piperazine rings is 1. The topological polar surface area (TPSA) is 216 Å². The second kappa shape index (κ2) is 25.5. The summed E-state index contributed by atoms with van der Waals surface area (Å²) in [6, 6.07) is 23.0. The summed E-state index contributed by atoms with van der Waals surface area (Å²) in [6.45, 7) is 13.8. The van der Waals surface area contributed by atoms with E-state index >= 15 is 0 Å². The molecule has 3 aromatic carbocycles. The number of likely N-dealkylation sites (tertiary alicyclic amines) is 1. The molecule has 0 bridgehead atoms. The van der Waals surface area contributed by atoms with Crippen LogP contribution in [0.1, 0.15) is 114 Å². The number of nitrogen functional groups attached to an aromatic ring is 1. The zero-order chi connectivity index (χ0) is 52.1. The molecule has 4 amide bonds. The van der Waals surface area contributed by atoms with Crippen molar-refractivity contribution < 1.29 is 34.1 Å². The number of para-hydroxylation sites is 1. The van der Waals surface area contributed by atoms with Crippen LogP contribution in [0.25, 0.3) is 21.7 Å². The Labute approximate surface area is 433 Å². The average molecular weight is 1020 g/mol. The minimum atomic E-state index is -0.872. The first-order valence-corrected chi connectivity index (χ1v) is 26.6. The number of carbonyl (C=O) groups excluding carboxylic acids is 4. The van der Waals surface area contributed by atoms with Gasteiger partial charge in [-0.05, 0) is 66.5 Å². The quantitative estimate of drug-likeness (QED) is 0.0424. The van der Waals surface area contributed by atoms with E-state index in [1.54, 1.807) is 35.6 Å². The first kappa shape index (κ1) is 54.3. The summed E-state index contributed by atoms with van der Waals surface area (Å²) in [5, 5.41) is 35.1. The zero-order valence-corrected chi connectivity index (χ0v) is 43.8. The number of ether oxygens (including phenoxy) is 1. The Morgan fingerprint density at radius 1 is 0.863 bits per heavy atom. The van der Waals surface area contributed by atoms with Crippen molar-refractivity contribution in [2.45, 2.75) is 130 Å². The number of nitrogens with one attached hydrogen (secondary N) is 2. The number of hydrogen-bond acceptors (Lipinski definition) is 13. The molecule has 16 nitrogen and oxygen atoms in total. The Morgan fingerprint density at radius 2 is 1.56 bits per heavy atom. The van der Waals surface area contributed by atoms with E-state index in [2.05, 4.69) is 55.0 Å². The number of nitrogens with zero attached hydrogens (tertiary/aromatic N) is 6. The molecule has 0 saturated carbocycles. The monoisotopic (exact) mass is 1020 g/mol. The first-order valence-electron chi connectivity index (χ1n) is 25.7. The number of hydrogen-bond donors (Lipinski definition) is 5. The number of nitrogens with two attached hydrogens (primary N) is 1. The summed E-state index contributed by atoms with van der Waals surface area (Å²) in [5.74, 6) is -0.0136. The summed E-state index contributed by atoms with van der Waals surface area (Å²) in [6.07, 6.45) is 6.00. The Morgan fingerprint density at radius 3 is 2.26 bits per heavy atom. The summed E-state index contributed by atoms with van der Waals surface area (Å²) < 4.78 is 6.01. The molecule has 2 aliphatic heterocycles. The van der Waals surface area contributed by atoms with Gasteiger partial charge >= 0.3 is 0 Å². The number of β-amino-alcohol motifs (C(OH)–C–C–N with tert-alkyl or cyclic N) is 1. The van der Waals surface area contributed by atoms with Crippen molar-refractivity contribution in [2.24, 2.45) is 5.41 Å². The molecule has 0 spiro atoms. The third-order valence-electron chi connectivity index (χ3n) is 13.8. The third-order valence-corrected chi connectivity index (χ3v) is 14.8. The number of aromatic hydroxyl groups is 1. The highest BCUT2D eigenvalue weighted by Crippen LogP contribution is 2.32. The maximum atomic E-state index is 14.1. The second-order valence-electron chi connectivity index (χ2n) is 20.6. The number of aromatic nitrogens is 3. The summed E-state index contributed by atoms with van der Waals surface area (Å²) in [5.41, 5.74) is 13.6. The Balaban J connectivity index is 0.756. The van der Waals surface area contributed by atoms with E-state index in [9.17, 15) is 29.4 Å². The molecule has 5 aromatic rings.